The number of nitrogens with two attached hydrogens (primary N) is 1. The van der Waals surface area contributed by atoms with Gasteiger partial charge in [0.15, 0.2) is 0 Å². The molecule has 0 spiro atoms. The zero-order chi connectivity index (χ0) is 12.4. The number of para-hydroxylation sites is 1. The zero-order valence-corrected chi connectivity index (χ0v) is 9.52. The smallest absolute Gasteiger partial charge is 0.126 e. The van der Waals surface area contributed by atoms with E-state index in [2.05, 4.69) is 0 Å². The molecule has 1 unspecified atom stereocenters. The van der Waals surface area contributed by atoms with Crippen molar-refractivity contribution in [2.45, 2.75) is 13.0 Å². The average molecular weight is 231 g/mol. The van der Waals surface area contributed by atoms with E-state index >= 15 is 0 Å². The van der Waals surface area contributed by atoms with E-state index in [1.807, 2.05) is 12.1 Å². The number of benzene rings is 2. The fourth-order valence-electron chi connectivity index (χ4n) is 1.78. The van der Waals surface area contributed by atoms with Gasteiger partial charge in [0, 0.05) is 11.3 Å². The molecule has 2 aromatic carbocycles. The molecule has 0 radical (unpaired) electrons. The first-order valence-electron chi connectivity index (χ1n) is 5.38. The highest BCUT2D eigenvalue weighted by Gasteiger charge is 2.13. The molecule has 1 atom stereocenters. The van der Waals surface area contributed by atoms with E-state index in [4.69, 9.17) is 5.73 Å². The Morgan fingerprint density at radius 1 is 1.18 bits per heavy atom. The summed E-state index contributed by atoms with van der Waals surface area (Å²) in [5.74, 6) is -0.276. The van der Waals surface area contributed by atoms with Gasteiger partial charge in [-0.2, -0.15) is 0 Å². The van der Waals surface area contributed by atoms with E-state index in [-0.39, 0.29) is 5.82 Å². The summed E-state index contributed by atoms with van der Waals surface area (Å²) in [7, 11) is 0. The van der Waals surface area contributed by atoms with Gasteiger partial charge in [-0.05, 0) is 30.2 Å². The molecule has 0 aromatic heterocycles. The second kappa shape index (κ2) is 4.55. The van der Waals surface area contributed by atoms with Crippen molar-refractivity contribution in [2.24, 2.45) is 0 Å². The van der Waals surface area contributed by atoms with Crippen molar-refractivity contribution in [3.63, 3.8) is 0 Å². The molecule has 0 saturated carbocycles. The quantitative estimate of drug-likeness (QED) is 0.781. The molecule has 0 heterocycles. The number of aliphatic hydroxyl groups excluding tert-OH is 1. The van der Waals surface area contributed by atoms with Gasteiger partial charge in [-0.3, -0.25) is 0 Å². The average Bonchev–Trinajstić information content (AvgIpc) is 2.32. The predicted molar refractivity (Wildman–Crippen MR) is 66.1 cm³/mol. The molecule has 17 heavy (non-hydrogen) atoms. The Balaban J connectivity index is 2.40. The number of aryl methyl sites for hydroxylation is 1. The van der Waals surface area contributed by atoms with Gasteiger partial charge in [0.05, 0.1) is 0 Å². The molecule has 0 saturated heterocycles. The van der Waals surface area contributed by atoms with Crippen LogP contribution in [-0.4, -0.2) is 5.11 Å². The third-order valence-electron chi connectivity index (χ3n) is 2.79. The van der Waals surface area contributed by atoms with Gasteiger partial charge < -0.3 is 10.8 Å². The Labute approximate surface area is 99.5 Å². The van der Waals surface area contributed by atoms with Crippen molar-refractivity contribution in [1.82, 2.24) is 0 Å². The molecule has 0 fully saturated rings. The molecule has 3 heteroatoms. The standard InChI is InChI=1S/C14H14FNO/c1-9-8-10(6-7-12(9)15)14(17)11-4-2-3-5-13(11)16/h2-8,14,17H,16H2,1H3. The first kappa shape index (κ1) is 11.6. The molecule has 0 bridgehead atoms. The Kier molecular flexibility index (Phi) is 3.11. The van der Waals surface area contributed by atoms with Gasteiger partial charge >= 0.3 is 0 Å². The zero-order valence-electron chi connectivity index (χ0n) is 9.52. The van der Waals surface area contributed by atoms with Crippen LogP contribution >= 0.6 is 0 Å². The van der Waals surface area contributed by atoms with Crippen LogP contribution in [0.25, 0.3) is 0 Å². The number of nitrogen functional groups attached to an aromatic ring is 1. The van der Waals surface area contributed by atoms with Crippen molar-refractivity contribution in [3.05, 3.63) is 65.0 Å². The number of rotatable bonds is 2. The highest BCUT2D eigenvalue weighted by Crippen LogP contribution is 2.27. The van der Waals surface area contributed by atoms with E-state index in [9.17, 15) is 9.50 Å². The number of aliphatic hydroxyl groups is 1. The van der Waals surface area contributed by atoms with Crippen LogP contribution in [-0.2, 0) is 0 Å². The second-order valence-corrected chi connectivity index (χ2v) is 4.04. The topological polar surface area (TPSA) is 46.2 Å². The molecular formula is C14H14FNO. The Bertz CT molecular complexity index is 539. The molecule has 0 aliphatic carbocycles. The van der Waals surface area contributed by atoms with E-state index in [0.717, 1.165) is 0 Å². The maximum atomic E-state index is 13.1. The van der Waals surface area contributed by atoms with E-state index in [1.165, 1.54) is 6.07 Å². The van der Waals surface area contributed by atoms with E-state index < -0.39 is 6.10 Å². The number of halogens is 1. The fraction of sp³-hybridized carbons (Fsp3) is 0.143. The molecule has 0 amide bonds. The summed E-state index contributed by atoms with van der Waals surface area (Å²) in [4.78, 5) is 0. The van der Waals surface area contributed by atoms with E-state index in [0.29, 0.717) is 22.4 Å². The number of hydrogen-bond donors (Lipinski definition) is 2. The van der Waals surface area contributed by atoms with Gasteiger partial charge in [0.2, 0.25) is 0 Å². The molecule has 88 valence electrons. The fourth-order valence-corrected chi connectivity index (χ4v) is 1.78. The molecule has 0 aliphatic rings. The Morgan fingerprint density at radius 2 is 1.88 bits per heavy atom. The van der Waals surface area contributed by atoms with E-state index in [1.54, 1.807) is 31.2 Å². The van der Waals surface area contributed by atoms with Gasteiger partial charge in [-0.15, -0.1) is 0 Å². The van der Waals surface area contributed by atoms with Crippen LogP contribution in [0.15, 0.2) is 42.5 Å². The summed E-state index contributed by atoms with van der Waals surface area (Å²) in [5, 5.41) is 10.2. The minimum absolute atomic E-state index is 0.276. The van der Waals surface area contributed by atoms with Crippen LogP contribution in [0.5, 0.6) is 0 Å². The van der Waals surface area contributed by atoms with Gasteiger partial charge in [-0.1, -0.05) is 30.3 Å². The van der Waals surface area contributed by atoms with Crippen LogP contribution in [0.4, 0.5) is 10.1 Å². The molecule has 2 nitrogen and oxygen atoms in total. The minimum Gasteiger partial charge on any atom is -0.398 e. The Hall–Kier alpha value is -1.87. The van der Waals surface area contributed by atoms with Crippen molar-refractivity contribution in [1.29, 1.82) is 0 Å². The lowest BCUT2D eigenvalue weighted by Crippen LogP contribution is -2.04. The highest BCUT2D eigenvalue weighted by atomic mass is 19.1. The first-order chi connectivity index (χ1) is 8.09. The van der Waals surface area contributed by atoms with Crippen molar-refractivity contribution in [3.8, 4) is 0 Å². The normalized spacial score (nSPS) is 12.4. The molecule has 3 N–H and O–H groups in total. The molecular weight excluding hydrogens is 217 g/mol. The first-order valence-corrected chi connectivity index (χ1v) is 5.38. The summed E-state index contributed by atoms with van der Waals surface area (Å²) >= 11 is 0. The summed E-state index contributed by atoms with van der Waals surface area (Å²) in [5.41, 5.74) is 8.11. The Morgan fingerprint density at radius 3 is 2.53 bits per heavy atom. The maximum absolute atomic E-state index is 13.1. The molecule has 0 aliphatic heterocycles. The lowest BCUT2D eigenvalue weighted by molar-refractivity contribution is 0.221. The number of hydrogen-bond acceptors (Lipinski definition) is 2. The molecule has 2 aromatic rings. The summed E-state index contributed by atoms with van der Waals surface area (Å²) in [6, 6.07) is 11.7. The van der Waals surface area contributed by atoms with Crippen LogP contribution in [0.1, 0.15) is 22.8 Å². The van der Waals surface area contributed by atoms with Crippen LogP contribution in [0.3, 0.4) is 0 Å². The van der Waals surface area contributed by atoms with Gasteiger partial charge in [0.1, 0.15) is 11.9 Å². The van der Waals surface area contributed by atoms with Gasteiger partial charge in [0.25, 0.3) is 0 Å². The summed E-state index contributed by atoms with van der Waals surface area (Å²) in [6.45, 7) is 1.67. The largest absolute Gasteiger partial charge is 0.398 e. The summed E-state index contributed by atoms with van der Waals surface area (Å²) < 4.78 is 13.1. The van der Waals surface area contributed by atoms with Crippen LogP contribution in [0, 0.1) is 12.7 Å². The second-order valence-electron chi connectivity index (χ2n) is 4.04. The van der Waals surface area contributed by atoms with Crippen LogP contribution < -0.4 is 5.73 Å². The third-order valence-corrected chi connectivity index (χ3v) is 2.79. The van der Waals surface area contributed by atoms with Gasteiger partial charge in [-0.25, -0.2) is 4.39 Å². The van der Waals surface area contributed by atoms with Crippen molar-refractivity contribution in [2.75, 3.05) is 5.73 Å². The maximum Gasteiger partial charge on any atom is 0.126 e. The molecule has 2 rings (SSSR count). The minimum atomic E-state index is -0.824. The number of anilines is 1. The third kappa shape index (κ3) is 2.29. The predicted octanol–water partition coefficient (Wildman–Crippen LogP) is 2.80. The van der Waals surface area contributed by atoms with Crippen LogP contribution in [0.2, 0.25) is 0 Å². The van der Waals surface area contributed by atoms with Crippen molar-refractivity contribution >= 4 is 5.69 Å². The van der Waals surface area contributed by atoms with Crippen molar-refractivity contribution < 1.29 is 9.50 Å². The highest BCUT2D eigenvalue weighted by molar-refractivity contribution is 5.50. The lowest BCUT2D eigenvalue weighted by atomic mass is 9.98. The summed E-state index contributed by atoms with van der Waals surface area (Å²) in [6.07, 6.45) is -0.824. The lowest BCUT2D eigenvalue weighted by Gasteiger charge is -2.14. The monoisotopic (exact) mass is 231 g/mol. The SMILES string of the molecule is Cc1cc(C(O)c2ccccc2N)ccc1F.